The van der Waals surface area contributed by atoms with Crippen LogP contribution in [-0.4, -0.2) is 37.7 Å². The van der Waals surface area contributed by atoms with Crippen LogP contribution in [0.2, 0.25) is 5.02 Å². The van der Waals surface area contributed by atoms with Gasteiger partial charge in [-0.25, -0.2) is 4.39 Å². The van der Waals surface area contributed by atoms with Crippen LogP contribution in [0.5, 0.6) is 0 Å². The molecule has 2 N–H and O–H groups in total. The molecule has 1 aliphatic rings. The van der Waals surface area contributed by atoms with Crippen LogP contribution in [0.15, 0.2) is 18.2 Å². The molecule has 3 nitrogen and oxygen atoms in total. The number of benzene rings is 1. The van der Waals surface area contributed by atoms with E-state index >= 15 is 0 Å². The quantitative estimate of drug-likeness (QED) is 0.925. The second kappa shape index (κ2) is 6.66. The van der Waals surface area contributed by atoms with Gasteiger partial charge >= 0.3 is 0 Å². The van der Waals surface area contributed by atoms with Gasteiger partial charge in [0.15, 0.2) is 0 Å². The zero-order valence-corrected chi connectivity index (χ0v) is 11.9. The Kier molecular flexibility index (Phi) is 5.16. The number of ether oxygens (including phenoxy) is 1. The Morgan fingerprint density at radius 2 is 2.37 bits per heavy atom. The van der Waals surface area contributed by atoms with E-state index in [9.17, 15) is 4.39 Å². The van der Waals surface area contributed by atoms with Crippen LogP contribution < -0.4 is 5.73 Å². The molecule has 0 aliphatic carbocycles. The van der Waals surface area contributed by atoms with E-state index in [1.165, 1.54) is 6.07 Å². The number of hydrogen-bond donors (Lipinski definition) is 1. The van der Waals surface area contributed by atoms with Crippen molar-refractivity contribution in [3.8, 4) is 0 Å². The monoisotopic (exact) mass is 286 g/mol. The molecule has 19 heavy (non-hydrogen) atoms. The molecule has 0 aromatic heterocycles. The van der Waals surface area contributed by atoms with E-state index in [2.05, 4.69) is 4.90 Å². The molecule has 1 saturated heterocycles. The van der Waals surface area contributed by atoms with Gasteiger partial charge in [-0.2, -0.15) is 0 Å². The summed E-state index contributed by atoms with van der Waals surface area (Å²) in [6.07, 6.45) is 2.25. The Morgan fingerprint density at radius 1 is 1.58 bits per heavy atom. The van der Waals surface area contributed by atoms with Crippen molar-refractivity contribution in [1.82, 2.24) is 4.90 Å². The number of nitrogens with two attached hydrogens (primary N) is 1. The predicted octanol–water partition coefficient (Wildman–Crippen LogP) is 2.59. The van der Waals surface area contributed by atoms with Gasteiger partial charge in [0.25, 0.3) is 0 Å². The highest BCUT2D eigenvalue weighted by Gasteiger charge is 2.28. The van der Waals surface area contributed by atoms with Crippen LogP contribution in [0.25, 0.3) is 0 Å². The van der Waals surface area contributed by atoms with Gasteiger partial charge in [-0.3, -0.25) is 4.90 Å². The Labute approximate surface area is 118 Å². The maximum atomic E-state index is 14.0. The summed E-state index contributed by atoms with van der Waals surface area (Å²) in [6, 6.07) is 4.57. The molecule has 5 heteroatoms. The van der Waals surface area contributed by atoms with Gasteiger partial charge in [-0.1, -0.05) is 17.7 Å². The van der Waals surface area contributed by atoms with Crippen molar-refractivity contribution >= 4 is 11.6 Å². The molecule has 0 radical (unpaired) electrons. The molecule has 2 rings (SSSR count). The first-order valence-corrected chi connectivity index (χ1v) is 6.96. The normalized spacial score (nSPS) is 22.4. The number of methoxy groups -OCH3 is 1. The van der Waals surface area contributed by atoms with Crippen LogP contribution in [0, 0.1) is 5.82 Å². The van der Waals surface area contributed by atoms with Gasteiger partial charge in [0, 0.05) is 30.8 Å². The Morgan fingerprint density at radius 3 is 3.00 bits per heavy atom. The van der Waals surface area contributed by atoms with Gasteiger partial charge in [0.2, 0.25) is 0 Å². The molecule has 1 aliphatic heterocycles. The van der Waals surface area contributed by atoms with E-state index in [1.54, 1.807) is 19.2 Å². The van der Waals surface area contributed by atoms with E-state index in [0.717, 1.165) is 25.9 Å². The topological polar surface area (TPSA) is 38.5 Å². The fourth-order valence-corrected chi connectivity index (χ4v) is 3.01. The molecule has 1 fully saturated rings. The van der Waals surface area contributed by atoms with Gasteiger partial charge in [0.1, 0.15) is 5.82 Å². The molecule has 2 unspecified atom stereocenters. The van der Waals surface area contributed by atoms with Gasteiger partial charge in [-0.05, 0) is 31.5 Å². The number of rotatable bonds is 4. The van der Waals surface area contributed by atoms with Crippen molar-refractivity contribution in [3.05, 3.63) is 34.6 Å². The second-order valence-corrected chi connectivity index (χ2v) is 5.29. The minimum Gasteiger partial charge on any atom is -0.380 e. The summed E-state index contributed by atoms with van der Waals surface area (Å²) in [6.45, 7) is 2.01. The first-order chi connectivity index (χ1) is 9.17. The SMILES string of the molecule is COC1CCCN(C(CN)c2c(F)cccc2Cl)C1. The first-order valence-electron chi connectivity index (χ1n) is 6.58. The zero-order chi connectivity index (χ0) is 13.8. The van der Waals surface area contributed by atoms with E-state index in [1.807, 2.05) is 0 Å². The standard InChI is InChI=1S/C14H20ClFN2O/c1-19-10-4-3-7-18(9-10)13(8-17)14-11(15)5-2-6-12(14)16/h2,5-6,10,13H,3-4,7-9,17H2,1H3. The Hall–Kier alpha value is -0.680. The number of nitrogens with zero attached hydrogens (tertiary/aromatic N) is 1. The van der Waals surface area contributed by atoms with Crippen molar-refractivity contribution in [1.29, 1.82) is 0 Å². The lowest BCUT2D eigenvalue weighted by Crippen LogP contribution is -2.44. The summed E-state index contributed by atoms with van der Waals surface area (Å²) in [5.74, 6) is -0.289. The summed E-state index contributed by atoms with van der Waals surface area (Å²) < 4.78 is 19.4. The van der Waals surface area contributed by atoms with Crippen molar-refractivity contribution in [2.24, 2.45) is 5.73 Å². The van der Waals surface area contributed by atoms with Crippen molar-refractivity contribution in [3.63, 3.8) is 0 Å². The maximum absolute atomic E-state index is 14.0. The van der Waals surface area contributed by atoms with Crippen LogP contribution in [0.3, 0.4) is 0 Å². The van der Waals surface area contributed by atoms with Crippen LogP contribution in [0.4, 0.5) is 4.39 Å². The van der Waals surface area contributed by atoms with Crippen LogP contribution >= 0.6 is 11.6 Å². The highest BCUT2D eigenvalue weighted by atomic mass is 35.5. The second-order valence-electron chi connectivity index (χ2n) is 4.88. The van der Waals surface area contributed by atoms with E-state index in [-0.39, 0.29) is 18.0 Å². The molecule has 0 spiro atoms. The molecule has 0 amide bonds. The van der Waals surface area contributed by atoms with Gasteiger partial charge in [0.05, 0.1) is 12.1 Å². The minimum absolute atomic E-state index is 0.188. The lowest BCUT2D eigenvalue weighted by Gasteiger charge is -2.37. The third-order valence-electron chi connectivity index (χ3n) is 3.74. The summed E-state index contributed by atoms with van der Waals surface area (Å²) in [7, 11) is 1.71. The zero-order valence-electron chi connectivity index (χ0n) is 11.1. The third kappa shape index (κ3) is 3.26. The number of piperidine rings is 1. The molecule has 106 valence electrons. The Bertz CT molecular complexity index is 410. The lowest BCUT2D eigenvalue weighted by atomic mass is 10.00. The van der Waals surface area contributed by atoms with Gasteiger partial charge < -0.3 is 10.5 Å². The maximum Gasteiger partial charge on any atom is 0.129 e. The lowest BCUT2D eigenvalue weighted by molar-refractivity contribution is 0.0149. The minimum atomic E-state index is -0.289. The molecule has 0 saturated carbocycles. The summed E-state index contributed by atoms with van der Waals surface area (Å²) in [5, 5.41) is 0.440. The van der Waals surface area contributed by atoms with Gasteiger partial charge in [-0.15, -0.1) is 0 Å². The first kappa shape index (κ1) is 14.7. The van der Waals surface area contributed by atoms with E-state index in [4.69, 9.17) is 22.1 Å². The molecule has 2 atom stereocenters. The van der Waals surface area contributed by atoms with Crippen LogP contribution in [-0.2, 0) is 4.74 Å². The molecule has 1 aromatic carbocycles. The highest BCUT2D eigenvalue weighted by Crippen LogP contribution is 2.31. The molecular weight excluding hydrogens is 267 g/mol. The molecule has 1 heterocycles. The van der Waals surface area contributed by atoms with Crippen LogP contribution in [0.1, 0.15) is 24.4 Å². The number of halogens is 2. The summed E-state index contributed by atoms with van der Waals surface area (Å²) in [5.41, 5.74) is 6.36. The molecule has 1 aromatic rings. The largest absolute Gasteiger partial charge is 0.380 e. The summed E-state index contributed by atoms with van der Waals surface area (Å²) in [4.78, 5) is 2.17. The van der Waals surface area contributed by atoms with Crippen molar-refractivity contribution in [2.75, 3.05) is 26.7 Å². The summed E-state index contributed by atoms with van der Waals surface area (Å²) >= 11 is 6.14. The fourth-order valence-electron chi connectivity index (χ4n) is 2.72. The van der Waals surface area contributed by atoms with E-state index in [0.29, 0.717) is 17.1 Å². The van der Waals surface area contributed by atoms with Crippen molar-refractivity contribution in [2.45, 2.75) is 25.0 Å². The average molecular weight is 287 g/mol. The van der Waals surface area contributed by atoms with E-state index < -0.39 is 0 Å². The fraction of sp³-hybridized carbons (Fsp3) is 0.571. The number of likely N-dealkylation sites (tertiary alicyclic amines) is 1. The highest BCUT2D eigenvalue weighted by molar-refractivity contribution is 6.31. The predicted molar refractivity (Wildman–Crippen MR) is 74.8 cm³/mol. The Balaban J connectivity index is 2.24. The van der Waals surface area contributed by atoms with Crippen molar-refractivity contribution < 1.29 is 9.13 Å². The molecular formula is C14H20ClFN2O. The number of hydrogen-bond acceptors (Lipinski definition) is 3. The smallest absolute Gasteiger partial charge is 0.129 e. The third-order valence-corrected chi connectivity index (χ3v) is 4.07. The molecule has 0 bridgehead atoms. The average Bonchev–Trinajstić information content (AvgIpc) is 2.43.